The molecule has 1 fully saturated rings. The summed E-state index contributed by atoms with van der Waals surface area (Å²) >= 11 is 0. The summed E-state index contributed by atoms with van der Waals surface area (Å²) in [6.07, 6.45) is 0.898. The molecule has 0 heterocycles. The summed E-state index contributed by atoms with van der Waals surface area (Å²) in [6.45, 7) is 3.52. The van der Waals surface area contributed by atoms with Gasteiger partial charge < -0.3 is 10.0 Å². The molecule has 13 heavy (non-hydrogen) atoms. The topological polar surface area (TPSA) is 57.6 Å². The first-order valence-corrected chi connectivity index (χ1v) is 4.44. The average molecular weight is 185 g/mol. The van der Waals surface area contributed by atoms with Crippen LogP contribution in [0.25, 0.3) is 0 Å². The number of likely N-dealkylation sites (N-methyl/N-ethyl adjacent to an activating group) is 1. The molecule has 1 saturated carbocycles. The number of carboxylic acid groups (broad SMARTS) is 1. The largest absolute Gasteiger partial charge is 0.480 e. The van der Waals surface area contributed by atoms with Crippen LogP contribution < -0.4 is 0 Å². The molecule has 3 atom stereocenters. The van der Waals surface area contributed by atoms with Gasteiger partial charge in [0.05, 0.1) is 0 Å². The quantitative estimate of drug-likeness (QED) is 0.699. The standard InChI is InChI=1S/C9H15NO3/c1-5-4-7(5)8(11)10(3)6(2)9(12)13/h5-7H,4H2,1-3H3,(H,12,13). The normalized spacial score (nSPS) is 27.9. The third-order valence-corrected chi connectivity index (χ3v) is 2.71. The summed E-state index contributed by atoms with van der Waals surface area (Å²) in [4.78, 5) is 23.4. The van der Waals surface area contributed by atoms with Crippen LogP contribution in [0.2, 0.25) is 0 Å². The van der Waals surface area contributed by atoms with Crippen molar-refractivity contribution in [3.05, 3.63) is 0 Å². The van der Waals surface area contributed by atoms with E-state index in [0.29, 0.717) is 5.92 Å². The van der Waals surface area contributed by atoms with Gasteiger partial charge in [0, 0.05) is 13.0 Å². The van der Waals surface area contributed by atoms with Crippen molar-refractivity contribution < 1.29 is 14.7 Å². The van der Waals surface area contributed by atoms with Gasteiger partial charge in [0.1, 0.15) is 6.04 Å². The van der Waals surface area contributed by atoms with Gasteiger partial charge in [-0.3, -0.25) is 4.79 Å². The van der Waals surface area contributed by atoms with Gasteiger partial charge in [-0.1, -0.05) is 6.92 Å². The highest BCUT2D eigenvalue weighted by Crippen LogP contribution is 2.39. The Labute approximate surface area is 77.5 Å². The summed E-state index contributed by atoms with van der Waals surface area (Å²) in [6, 6.07) is -0.722. The molecular weight excluding hydrogens is 170 g/mol. The highest BCUT2D eigenvalue weighted by Gasteiger charge is 2.42. The maximum atomic E-state index is 11.5. The average Bonchev–Trinajstić information content (AvgIpc) is 2.78. The van der Waals surface area contributed by atoms with Crippen molar-refractivity contribution in [2.75, 3.05) is 7.05 Å². The molecule has 1 rings (SSSR count). The number of carboxylic acids is 1. The van der Waals surface area contributed by atoms with E-state index in [2.05, 4.69) is 0 Å². The van der Waals surface area contributed by atoms with Crippen molar-refractivity contribution in [2.24, 2.45) is 11.8 Å². The maximum Gasteiger partial charge on any atom is 0.326 e. The lowest BCUT2D eigenvalue weighted by Crippen LogP contribution is -2.41. The van der Waals surface area contributed by atoms with Crippen molar-refractivity contribution in [1.29, 1.82) is 0 Å². The number of nitrogens with zero attached hydrogens (tertiary/aromatic N) is 1. The number of carbonyl (C=O) groups excluding carboxylic acids is 1. The van der Waals surface area contributed by atoms with Crippen LogP contribution >= 0.6 is 0 Å². The van der Waals surface area contributed by atoms with E-state index in [0.717, 1.165) is 6.42 Å². The fourth-order valence-corrected chi connectivity index (χ4v) is 1.28. The van der Waals surface area contributed by atoms with Gasteiger partial charge in [0.15, 0.2) is 0 Å². The minimum Gasteiger partial charge on any atom is -0.480 e. The van der Waals surface area contributed by atoms with Crippen LogP contribution in [-0.4, -0.2) is 35.0 Å². The van der Waals surface area contributed by atoms with Crippen LogP contribution in [-0.2, 0) is 9.59 Å². The highest BCUT2D eigenvalue weighted by molar-refractivity contribution is 5.86. The van der Waals surface area contributed by atoms with Gasteiger partial charge in [-0.2, -0.15) is 0 Å². The van der Waals surface area contributed by atoms with Crippen LogP contribution in [0.4, 0.5) is 0 Å². The second-order valence-electron chi connectivity index (χ2n) is 3.78. The summed E-state index contributed by atoms with van der Waals surface area (Å²) in [7, 11) is 1.55. The molecule has 1 amide bonds. The van der Waals surface area contributed by atoms with Gasteiger partial charge >= 0.3 is 5.97 Å². The predicted octanol–water partition coefficient (Wildman–Crippen LogP) is 0.574. The first-order valence-electron chi connectivity index (χ1n) is 4.44. The molecule has 1 aliphatic rings. The van der Waals surface area contributed by atoms with E-state index in [9.17, 15) is 9.59 Å². The minimum absolute atomic E-state index is 0.0394. The Balaban J connectivity index is 2.52. The van der Waals surface area contributed by atoms with E-state index in [1.54, 1.807) is 7.05 Å². The smallest absolute Gasteiger partial charge is 0.326 e. The molecule has 0 aromatic rings. The van der Waals surface area contributed by atoms with Crippen molar-refractivity contribution in [3.8, 4) is 0 Å². The highest BCUT2D eigenvalue weighted by atomic mass is 16.4. The maximum absolute atomic E-state index is 11.5. The first kappa shape index (κ1) is 10.0. The van der Waals surface area contributed by atoms with Gasteiger partial charge in [0.2, 0.25) is 5.91 Å². The van der Waals surface area contributed by atoms with Crippen molar-refractivity contribution in [1.82, 2.24) is 4.90 Å². The fraction of sp³-hybridized carbons (Fsp3) is 0.778. The van der Waals surface area contributed by atoms with E-state index in [4.69, 9.17) is 5.11 Å². The Morgan fingerprint density at radius 3 is 2.31 bits per heavy atom. The molecule has 0 aromatic carbocycles. The lowest BCUT2D eigenvalue weighted by atomic mass is 10.2. The second-order valence-corrected chi connectivity index (χ2v) is 3.78. The zero-order valence-electron chi connectivity index (χ0n) is 8.15. The summed E-state index contributed by atoms with van der Waals surface area (Å²) in [5.74, 6) is -0.505. The molecule has 4 heteroatoms. The second kappa shape index (κ2) is 3.36. The van der Waals surface area contributed by atoms with E-state index >= 15 is 0 Å². The molecule has 1 N–H and O–H groups in total. The van der Waals surface area contributed by atoms with Gasteiger partial charge in [-0.15, -0.1) is 0 Å². The van der Waals surface area contributed by atoms with Crippen LogP contribution in [0.3, 0.4) is 0 Å². The molecule has 74 valence electrons. The van der Waals surface area contributed by atoms with E-state index < -0.39 is 12.0 Å². The number of hydrogen-bond donors (Lipinski definition) is 1. The summed E-state index contributed by atoms with van der Waals surface area (Å²) < 4.78 is 0. The zero-order valence-corrected chi connectivity index (χ0v) is 8.15. The van der Waals surface area contributed by atoms with Crippen molar-refractivity contribution >= 4 is 11.9 Å². The molecule has 3 unspecified atom stereocenters. The predicted molar refractivity (Wildman–Crippen MR) is 47.1 cm³/mol. The fourth-order valence-electron chi connectivity index (χ4n) is 1.28. The Kier molecular flexibility index (Phi) is 2.59. The van der Waals surface area contributed by atoms with Crippen LogP contribution in [0.1, 0.15) is 20.3 Å². The number of aliphatic carboxylic acids is 1. The van der Waals surface area contributed by atoms with E-state index in [1.807, 2.05) is 6.92 Å². The first-order chi connectivity index (χ1) is 5.95. The van der Waals surface area contributed by atoms with Crippen LogP contribution in [0.5, 0.6) is 0 Å². The SMILES string of the molecule is CC1CC1C(=O)N(C)C(C)C(=O)O. The number of rotatable bonds is 3. The summed E-state index contributed by atoms with van der Waals surface area (Å²) in [5, 5.41) is 8.68. The Hall–Kier alpha value is -1.06. The lowest BCUT2D eigenvalue weighted by molar-refractivity contribution is -0.148. The van der Waals surface area contributed by atoms with Gasteiger partial charge in [-0.05, 0) is 19.3 Å². The third kappa shape index (κ3) is 1.99. The van der Waals surface area contributed by atoms with Crippen LogP contribution in [0.15, 0.2) is 0 Å². The number of amides is 1. The number of hydrogen-bond acceptors (Lipinski definition) is 2. The summed E-state index contributed by atoms with van der Waals surface area (Å²) in [5.41, 5.74) is 0. The zero-order chi connectivity index (χ0) is 10.2. The van der Waals surface area contributed by atoms with Gasteiger partial charge in [0.25, 0.3) is 0 Å². The van der Waals surface area contributed by atoms with Gasteiger partial charge in [-0.25, -0.2) is 4.79 Å². The Morgan fingerprint density at radius 1 is 1.54 bits per heavy atom. The molecular formula is C9H15NO3. The molecule has 0 bridgehead atoms. The molecule has 0 aromatic heterocycles. The van der Waals surface area contributed by atoms with Crippen LogP contribution in [0, 0.1) is 11.8 Å². The third-order valence-electron chi connectivity index (χ3n) is 2.71. The van der Waals surface area contributed by atoms with E-state index in [1.165, 1.54) is 11.8 Å². The monoisotopic (exact) mass is 185 g/mol. The molecule has 0 spiro atoms. The Bertz CT molecular complexity index is 239. The lowest BCUT2D eigenvalue weighted by Gasteiger charge is -2.21. The van der Waals surface area contributed by atoms with Crippen molar-refractivity contribution in [3.63, 3.8) is 0 Å². The minimum atomic E-state index is -0.954. The Morgan fingerprint density at radius 2 is 2.00 bits per heavy atom. The molecule has 0 aliphatic heterocycles. The molecule has 4 nitrogen and oxygen atoms in total. The number of carbonyl (C=O) groups is 2. The molecule has 0 saturated heterocycles. The van der Waals surface area contributed by atoms with Crippen molar-refractivity contribution in [2.45, 2.75) is 26.3 Å². The molecule has 1 aliphatic carbocycles. The van der Waals surface area contributed by atoms with E-state index in [-0.39, 0.29) is 11.8 Å². The molecule has 0 radical (unpaired) electrons.